The highest BCUT2D eigenvalue weighted by atomic mass is 16.5. The van der Waals surface area contributed by atoms with Gasteiger partial charge in [-0.2, -0.15) is 0 Å². The Morgan fingerprint density at radius 1 is 1.33 bits per heavy atom. The second-order valence-electron chi connectivity index (χ2n) is 5.29. The maximum Gasteiger partial charge on any atom is 0.111 e. The summed E-state index contributed by atoms with van der Waals surface area (Å²) in [5.74, 6) is 1.15. The summed E-state index contributed by atoms with van der Waals surface area (Å²) < 4.78 is 5.92. The number of allylic oxidation sites excluding steroid dienone is 1. The normalized spacial score (nSPS) is 18.4. The lowest BCUT2D eigenvalue weighted by atomic mass is 9.81. The van der Waals surface area contributed by atoms with Crippen molar-refractivity contribution in [2.24, 2.45) is 0 Å². The number of likely N-dealkylation sites (N-methyl/N-ethyl adjacent to an activating group) is 2. The molecule has 0 spiro atoms. The summed E-state index contributed by atoms with van der Waals surface area (Å²) in [4.78, 5) is 2.36. The third-order valence-corrected chi connectivity index (χ3v) is 4.31. The first kappa shape index (κ1) is 15.5. The largest absolute Gasteiger partial charge is 0.497 e. The Labute approximate surface area is 113 Å². The van der Waals surface area contributed by atoms with Crippen LogP contribution in [0, 0.1) is 0 Å². The molecule has 1 aliphatic heterocycles. The number of nitrogens with one attached hydrogen (secondary N) is 1. The molecule has 0 aromatic heterocycles. The molecule has 0 bridgehead atoms. The molecule has 3 nitrogen and oxygen atoms in total. The van der Waals surface area contributed by atoms with Gasteiger partial charge in [0.15, 0.2) is 0 Å². The second-order valence-corrected chi connectivity index (χ2v) is 5.29. The van der Waals surface area contributed by atoms with Crippen LogP contribution in [0.3, 0.4) is 0 Å². The summed E-state index contributed by atoms with van der Waals surface area (Å²) in [5, 5.41) is 3.64. The van der Waals surface area contributed by atoms with Gasteiger partial charge in [0.25, 0.3) is 0 Å². The summed E-state index contributed by atoms with van der Waals surface area (Å²) in [7, 11) is 4.36. The minimum atomic E-state index is 0.138. The van der Waals surface area contributed by atoms with Crippen molar-refractivity contribution < 1.29 is 4.74 Å². The first-order chi connectivity index (χ1) is 8.62. The molecular formula is C15H30N2O. The molecule has 1 atom stereocenters. The van der Waals surface area contributed by atoms with E-state index in [1.54, 1.807) is 0 Å². The summed E-state index contributed by atoms with van der Waals surface area (Å²) in [6.07, 6.45) is 6.81. The molecule has 1 rings (SSSR count). The Balaban J connectivity index is 3.03. The van der Waals surface area contributed by atoms with E-state index in [4.69, 9.17) is 4.74 Å². The van der Waals surface area contributed by atoms with Crippen LogP contribution in [0.5, 0.6) is 0 Å². The number of ether oxygens (including phenoxy) is 1. The summed E-state index contributed by atoms with van der Waals surface area (Å²) in [6, 6.07) is 0.299. The van der Waals surface area contributed by atoms with Gasteiger partial charge in [-0.3, -0.25) is 0 Å². The van der Waals surface area contributed by atoms with Crippen LogP contribution in [0.1, 0.15) is 46.5 Å². The Morgan fingerprint density at radius 2 is 2.00 bits per heavy atom. The number of hydrogen-bond acceptors (Lipinski definition) is 3. The van der Waals surface area contributed by atoms with E-state index in [0.29, 0.717) is 6.04 Å². The zero-order valence-corrected chi connectivity index (χ0v) is 12.8. The smallest absolute Gasteiger partial charge is 0.111 e. The fraction of sp³-hybridized carbons (Fsp3) is 0.867. The van der Waals surface area contributed by atoms with Gasteiger partial charge in [0.2, 0.25) is 0 Å². The average Bonchev–Trinajstić information content (AvgIpc) is 2.40. The SMILES string of the molecule is CCNC(C1=CCCCO1)C(CC)(CC)N(C)C. The molecule has 0 aromatic carbocycles. The van der Waals surface area contributed by atoms with E-state index in [0.717, 1.165) is 44.6 Å². The molecule has 0 radical (unpaired) electrons. The zero-order valence-electron chi connectivity index (χ0n) is 12.8. The summed E-state index contributed by atoms with van der Waals surface area (Å²) in [6.45, 7) is 8.56. The van der Waals surface area contributed by atoms with Crippen molar-refractivity contribution in [2.45, 2.75) is 58.0 Å². The summed E-state index contributed by atoms with van der Waals surface area (Å²) >= 11 is 0. The lowest BCUT2D eigenvalue weighted by Crippen LogP contribution is -2.59. The van der Waals surface area contributed by atoms with Gasteiger partial charge in [-0.25, -0.2) is 0 Å². The molecule has 0 saturated heterocycles. The molecule has 3 heteroatoms. The molecule has 0 fully saturated rings. The Morgan fingerprint density at radius 3 is 2.39 bits per heavy atom. The lowest BCUT2D eigenvalue weighted by Gasteiger charge is -2.46. The van der Waals surface area contributed by atoms with E-state index in [1.165, 1.54) is 0 Å². The maximum absolute atomic E-state index is 5.92. The molecule has 1 aliphatic rings. The number of nitrogens with zero attached hydrogens (tertiary/aromatic N) is 1. The lowest BCUT2D eigenvalue weighted by molar-refractivity contribution is 0.0610. The Hall–Kier alpha value is -0.540. The van der Waals surface area contributed by atoms with Crippen LogP contribution in [0.2, 0.25) is 0 Å². The molecule has 0 aromatic rings. The molecule has 106 valence electrons. The van der Waals surface area contributed by atoms with Gasteiger partial charge in [0.1, 0.15) is 5.76 Å². The summed E-state index contributed by atoms with van der Waals surface area (Å²) in [5.41, 5.74) is 0.138. The first-order valence-electron chi connectivity index (χ1n) is 7.36. The third-order valence-electron chi connectivity index (χ3n) is 4.31. The van der Waals surface area contributed by atoms with Crippen molar-refractivity contribution >= 4 is 0 Å². The van der Waals surface area contributed by atoms with Crippen LogP contribution in [-0.2, 0) is 4.74 Å². The van der Waals surface area contributed by atoms with Crippen LogP contribution in [0.4, 0.5) is 0 Å². The molecular weight excluding hydrogens is 224 g/mol. The standard InChI is InChI=1S/C15H30N2O/c1-6-15(7-2,17(4)5)14(16-8-3)13-11-9-10-12-18-13/h11,14,16H,6-10,12H2,1-5H3. The third kappa shape index (κ3) is 3.07. The van der Waals surface area contributed by atoms with Crippen molar-refractivity contribution in [1.29, 1.82) is 0 Å². The monoisotopic (exact) mass is 254 g/mol. The van der Waals surface area contributed by atoms with Gasteiger partial charge < -0.3 is 15.0 Å². The van der Waals surface area contributed by atoms with Crippen LogP contribution in [0.25, 0.3) is 0 Å². The molecule has 18 heavy (non-hydrogen) atoms. The zero-order chi connectivity index (χ0) is 13.6. The van der Waals surface area contributed by atoms with Gasteiger partial charge in [-0.1, -0.05) is 20.8 Å². The number of hydrogen-bond donors (Lipinski definition) is 1. The van der Waals surface area contributed by atoms with Gasteiger partial charge in [0, 0.05) is 5.54 Å². The van der Waals surface area contributed by atoms with Crippen LogP contribution < -0.4 is 5.32 Å². The molecule has 1 unspecified atom stereocenters. The highest BCUT2D eigenvalue weighted by molar-refractivity contribution is 5.15. The van der Waals surface area contributed by atoms with Gasteiger partial charge in [0.05, 0.1) is 12.6 Å². The van der Waals surface area contributed by atoms with Crippen molar-refractivity contribution in [3.05, 3.63) is 11.8 Å². The highest BCUT2D eigenvalue weighted by Crippen LogP contribution is 2.31. The van der Waals surface area contributed by atoms with Crippen LogP contribution in [0.15, 0.2) is 11.8 Å². The minimum Gasteiger partial charge on any atom is -0.497 e. The van der Waals surface area contributed by atoms with Crippen molar-refractivity contribution in [1.82, 2.24) is 10.2 Å². The quantitative estimate of drug-likeness (QED) is 0.756. The fourth-order valence-corrected chi connectivity index (χ4v) is 3.09. The van der Waals surface area contributed by atoms with Gasteiger partial charge >= 0.3 is 0 Å². The van der Waals surface area contributed by atoms with E-state index >= 15 is 0 Å². The van der Waals surface area contributed by atoms with Gasteiger partial charge in [-0.15, -0.1) is 0 Å². The van der Waals surface area contributed by atoms with Crippen LogP contribution >= 0.6 is 0 Å². The van der Waals surface area contributed by atoms with E-state index < -0.39 is 0 Å². The number of rotatable bonds is 7. The van der Waals surface area contributed by atoms with Crippen molar-refractivity contribution in [2.75, 3.05) is 27.2 Å². The maximum atomic E-state index is 5.92. The fourth-order valence-electron chi connectivity index (χ4n) is 3.09. The minimum absolute atomic E-state index is 0.138. The molecule has 0 amide bonds. The highest BCUT2D eigenvalue weighted by Gasteiger charge is 2.40. The Bertz CT molecular complexity index is 270. The second kappa shape index (κ2) is 7.15. The molecule has 1 heterocycles. The first-order valence-corrected chi connectivity index (χ1v) is 7.36. The molecule has 1 N–H and O–H groups in total. The van der Waals surface area contributed by atoms with Crippen molar-refractivity contribution in [3.8, 4) is 0 Å². The molecule has 0 aliphatic carbocycles. The van der Waals surface area contributed by atoms with E-state index in [2.05, 4.69) is 51.2 Å². The van der Waals surface area contributed by atoms with E-state index in [9.17, 15) is 0 Å². The van der Waals surface area contributed by atoms with E-state index in [-0.39, 0.29) is 5.54 Å². The topological polar surface area (TPSA) is 24.5 Å². The van der Waals surface area contributed by atoms with Crippen molar-refractivity contribution in [3.63, 3.8) is 0 Å². The van der Waals surface area contributed by atoms with Gasteiger partial charge in [-0.05, 0) is 52.4 Å². The predicted molar refractivity (Wildman–Crippen MR) is 77.7 cm³/mol. The van der Waals surface area contributed by atoms with Crippen LogP contribution in [-0.4, -0.2) is 43.7 Å². The average molecular weight is 254 g/mol. The van der Waals surface area contributed by atoms with E-state index in [1.807, 2.05) is 0 Å². The Kier molecular flexibility index (Phi) is 6.16. The molecule has 0 saturated carbocycles. The predicted octanol–water partition coefficient (Wildman–Crippen LogP) is 2.78.